The van der Waals surface area contributed by atoms with E-state index in [-0.39, 0.29) is 0 Å². The Hall–Kier alpha value is -2.74. The Bertz CT molecular complexity index is 943. The summed E-state index contributed by atoms with van der Waals surface area (Å²) in [4.78, 5) is 9.39. The van der Waals surface area contributed by atoms with Crippen LogP contribution in [0, 0.1) is 6.92 Å². The first-order valence-corrected chi connectivity index (χ1v) is 7.03. The summed E-state index contributed by atoms with van der Waals surface area (Å²) in [6.07, 6.45) is 1.83. The van der Waals surface area contributed by atoms with Gasteiger partial charge < -0.3 is 0 Å². The van der Waals surface area contributed by atoms with Crippen LogP contribution in [-0.4, -0.2) is 9.97 Å². The molecule has 100 valence electrons. The highest BCUT2D eigenvalue weighted by atomic mass is 14.8. The molecule has 4 rings (SSSR count). The van der Waals surface area contributed by atoms with Gasteiger partial charge in [0, 0.05) is 22.5 Å². The van der Waals surface area contributed by atoms with E-state index in [1.165, 1.54) is 10.9 Å². The molecule has 0 saturated carbocycles. The van der Waals surface area contributed by atoms with Crippen molar-refractivity contribution in [3.63, 3.8) is 0 Å². The largest absolute Gasteiger partial charge is 0.254 e. The summed E-state index contributed by atoms with van der Waals surface area (Å²) in [6, 6.07) is 20.7. The van der Waals surface area contributed by atoms with Gasteiger partial charge in [-0.15, -0.1) is 0 Å². The van der Waals surface area contributed by atoms with Crippen LogP contribution in [0.15, 0.2) is 66.9 Å². The van der Waals surface area contributed by atoms with E-state index < -0.39 is 0 Å². The van der Waals surface area contributed by atoms with Crippen LogP contribution in [0.1, 0.15) is 5.56 Å². The fourth-order valence-electron chi connectivity index (χ4n) is 2.77. The molecule has 0 radical (unpaired) electrons. The fraction of sp³-hybridized carbons (Fsp3) is 0.0526. The van der Waals surface area contributed by atoms with Gasteiger partial charge in [0.05, 0.1) is 16.7 Å². The molecule has 0 aliphatic heterocycles. The quantitative estimate of drug-likeness (QED) is 0.466. The lowest BCUT2D eigenvalue weighted by Crippen LogP contribution is -1.90. The SMILES string of the molecule is Cc1cc2ccc(-c3ccccc3)nc2c2ncccc12. The Balaban J connectivity index is 2.07. The molecule has 0 atom stereocenters. The molecule has 0 bridgehead atoms. The molecule has 2 nitrogen and oxygen atoms in total. The molecular weight excluding hydrogens is 256 g/mol. The van der Waals surface area contributed by atoms with Crippen molar-refractivity contribution in [2.45, 2.75) is 6.92 Å². The van der Waals surface area contributed by atoms with E-state index in [4.69, 9.17) is 4.98 Å². The number of fused-ring (bicyclic) bond motifs is 3. The van der Waals surface area contributed by atoms with Crippen molar-refractivity contribution in [2.75, 3.05) is 0 Å². The predicted octanol–water partition coefficient (Wildman–Crippen LogP) is 4.76. The second-order valence-corrected chi connectivity index (χ2v) is 5.23. The van der Waals surface area contributed by atoms with Gasteiger partial charge >= 0.3 is 0 Å². The average molecular weight is 270 g/mol. The lowest BCUT2D eigenvalue weighted by molar-refractivity contribution is 1.36. The highest BCUT2D eigenvalue weighted by molar-refractivity contribution is 6.04. The van der Waals surface area contributed by atoms with Crippen LogP contribution < -0.4 is 0 Å². The normalized spacial score (nSPS) is 11.1. The van der Waals surface area contributed by atoms with E-state index in [0.29, 0.717) is 0 Å². The van der Waals surface area contributed by atoms with Gasteiger partial charge in [-0.25, -0.2) is 4.98 Å². The number of aromatic nitrogens is 2. The summed E-state index contributed by atoms with van der Waals surface area (Å²) in [5.74, 6) is 0. The number of pyridine rings is 2. The minimum Gasteiger partial charge on any atom is -0.254 e. The molecule has 0 amide bonds. The van der Waals surface area contributed by atoms with Gasteiger partial charge in [0.15, 0.2) is 0 Å². The molecule has 0 aliphatic rings. The van der Waals surface area contributed by atoms with Gasteiger partial charge in [-0.1, -0.05) is 42.5 Å². The number of hydrogen-bond acceptors (Lipinski definition) is 2. The summed E-state index contributed by atoms with van der Waals surface area (Å²) in [5.41, 5.74) is 5.30. The molecule has 4 aromatic rings. The number of hydrogen-bond donors (Lipinski definition) is 0. The lowest BCUT2D eigenvalue weighted by Gasteiger charge is -2.08. The first-order valence-electron chi connectivity index (χ1n) is 7.03. The second kappa shape index (κ2) is 4.67. The molecule has 2 heterocycles. The highest BCUT2D eigenvalue weighted by Gasteiger charge is 2.07. The summed E-state index contributed by atoms with van der Waals surface area (Å²) < 4.78 is 0. The molecule has 2 aromatic heterocycles. The molecule has 0 saturated heterocycles. The van der Waals surface area contributed by atoms with E-state index >= 15 is 0 Å². The van der Waals surface area contributed by atoms with Crippen molar-refractivity contribution < 1.29 is 0 Å². The Labute approximate surface area is 123 Å². The van der Waals surface area contributed by atoms with Crippen LogP contribution in [0.3, 0.4) is 0 Å². The van der Waals surface area contributed by atoms with Crippen molar-refractivity contribution in [1.82, 2.24) is 9.97 Å². The third-order valence-electron chi connectivity index (χ3n) is 3.82. The van der Waals surface area contributed by atoms with Crippen molar-refractivity contribution in [3.05, 3.63) is 72.4 Å². The van der Waals surface area contributed by atoms with E-state index in [0.717, 1.165) is 27.7 Å². The van der Waals surface area contributed by atoms with Crippen LogP contribution in [-0.2, 0) is 0 Å². The van der Waals surface area contributed by atoms with Crippen LogP contribution in [0.25, 0.3) is 33.1 Å². The van der Waals surface area contributed by atoms with Crippen LogP contribution in [0.5, 0.6) is 0 Å². The van der Waals surface area contributed by atoms with Gasteiger partial charge in [0.1, 0.15) is 0 Å². The molecule has 0 fully saturated rings. The Morgan fingerprint density at radius 3 is 2.52 bits per heavy atom. The van der Waals surface area contributed by atoms with Crippen molar-refractivity contribution in [1.29, 1.82) is 0 Å². The third-order valence-corrected chi connectivity index (χ3v) is 3.82. The standard InChI is InChI=1S/C19H14N2/c1-13-12-15-9-10-17(14-6-3-2-4-7-14)21-18(15)19-16(13)8-5-11-20-19/h2-12H,1H3. The van der Waals surface area contributed by atoms with Crippen molar-refractivity contribution in [2.24, 2.45) is 0 Å². The van der Waals surface area contributed by atoms with Gasteiger partial charge in [0.2, 0.25) is 0 Å². The Morgan fingerprint density at radius 2 is 1.67 bits per heavy atom. The highest BCUT2D eigenvalue weighted by Crippen LogP contribution is 2.28. The Morgan fingerprint density at radius 1 is 0.810 bits per heavy atom. The molecule has 0 N–H and O–H groups in total. The van der Waals surface area contributed by atoms with Crippen molar-refractivity contribution >= 4 is 21.8 Å². The maximum atomic E-state index is 4.85. The number of benzene rings is 2. The van der Waals surface area contributed by atoms with Crippen LogP contribution >= 0.6 is 0 Å². The summed E-state index contributed by atoms with van der Waals surface area (Å²) >= 11 is 0. The molecular formula is C19H14N2. The predicted molar refractivity (Wildman–Crippen MR) is 87.2 cm³/mol. The average Bonchev–Trinajstić information content (AvgIpc) is 2.56. The topological polar surface area (TPSA) is 25.8 Å². The second-order valence-electron chi connectivity index (χ2n) is 5.23. The monoisotopic (exact) mass is 270 g/mol. The van der Waals surface area contributed by atoms with Crippen LogP contribution in [0.2, 0.25) is 0 Å². The number of aryl methyl sites for hydroxylation is 1. The first kappa shape index (κ1) is 12.0. The van der Waals surface area contributed by atoms with Crippen molar-refractivity contribution in [3.8, 4) is 11.3 Å². The zero-order valence-corrected chi connectivity index (χ0v) is 11.7. The summed E-state index contributed by atoms with van der Waals surface area (Å²) in [6.45, 7) is 2.12. The zero-order valence-electron chi connectivity index (χ0n) is 11.7. The number of rotatable bonds is 1. The van der Waals surface area contributed by atoms with E-state index in [2.05, 4.69) is 48.3 Å². The first-order chi connectivity index (χ1) is 10.3. The Kier molecular flexibility index (Phi) is 2.68. The molecule has 2 heteroatoms. The minimum atomic E-state index is 0.970. The number of nitrogens with zero attached hydrogens (tertiary/aromatic N) is 2. The van der Waals surface area contributed by atoms with E-state index in [1.54, 1.807) is 0 Å². The molecule has 0 aliphatic carbocycles. The maximum absolute atomic E-state index is 4.85. The zero-order chi connectivity index (χ0) is 14.2. The van der Waals surface area contributed by atoms with E-state index in [9.17, 15) is 0 Å². The van der Waals surface area contributed by atoms with Crippen LogP contribution in [0.4, 0.5) is 0 Å². The summed E-state index contributed by atoms with van der Waals surface area (Å²) in [7, 11) is 0. The summed E-state index contributed by atoms with van der Waals surface area (Å²) in [5, 5.41) is 2.31. The van der Waals surface area contributed by atoms with Gasteiger partial charge in [0.25, 0.3) is 0 Å². The molecule has 0 spiro atoms. The smallest absolute Gasteiger partial charge is 0.0972 e. The van der Waals surface area contributed by atoms with Gasteiger partial charge in [-0.05, 0) is 30.7 Å². The molecule has 21 heavy (non-hydrogen) atoms. The molecule has 2 aromatic carbocycles. The maximum Gasteiger partial charge on any atom is 0.0972 e. The van der Waals surface area contributed by atoms with Gasteiger partial charge in [-0.3, -0.25) is 4.98 Å². The van der Waals surface area contributed by atoms with E-state index in [1.807, 2.05) is 30.5 Å². The van der Waals surface area contributed by atoms with Gasteiger partial charge in [-0.2, -0.15) is 0 Å². The minimum absolute atomic E-state index is 0.970. The molecule has 0 unspecified atom stereocenters. The fourth-order valence-corrected chi connectivity index (χ4v) is 2.77. The third kappa shape index (κ3) is 1.96. The lowest BCUT2D eigenvalue weighted by atomic mass is 10.0.